The molecule has 1 aromatic heterocycles. The first-order valence-electron chi connectivity index (χ1n) is 4.68. The van der Waals surface area contributed by atoms with Crippen LogP contribution < -0.4 is 10.5 Å². The van der Waals surface area contributed by atoms with E-state index in [0.717, 1.165) is 0 Å². The van der Waals surface area contributed by atoms with Crippen LogP contribution in [0.4, 0.5) is 10.1 Å². The lowest BCUT2D eigenvalue weighted by molar-refractivity contribution is 0.301. The lowest BCUT2D eigenvalue weighted by Crippen LogP contribution is -2.01. The molecule has 4 nitrogen and oxygen atoms in total. The van der Waals surface area contributed by atoms with Crippen molar-refractivity contribution < 1.29 is 9.13 Å². The first-order chi connectivity index (χ1) is 7.75. The van der Waals surface area contributed by atoms with Crippen molar-refractivity contribution in [2.75, 3.05) is 5.73 Å². The van der Waals surface area contributed by atoms with E-state index in [9.17, 15) is 4.39 Å². The van der Waals surface area contributed by atoms with Gasteiger partial charge >= 0.3 is 0 Å². The number of rotatable bonds is 3. The number of anilines is 1. The van der Waals surface area contributed by atoms with E-state index >= 15 is 0 Å². The Kier molecular flexibility index (Phi) is 2.95. The van der Waals surface area contributed by atoms with Crippen LogP contribution in [0.15, 0.2) is 36.8 Å². The molecule has 16 heavy (non-hydrogen) atoms. The molecule has 2 rings (SSSR count). The van der Waals surface area contributed by atoms with Crippen molar-refractivity contribution in [3.05, 3.63) is 48.3 Å². The molecule has 2 aromatic rings. The molecule has 0 fully saturated rings. The zero-order valence-corrected chi connectivity index (χ0v) is 8.43. The van der Waals surface area contributed by atoms with Gasteiger partial charge in [-0.1, -0.05) is 0 Å². The monoisotopic (exact) mass is 219 g/mol. The SMILES string of the molecule is Nc1ccc(F)cc1OCc1cnccn1. The molecule has 0 radical (unpaired) electrons. The van der Waals surface area contributed by atoms with Gasteiger partial charge in [0.15, 0.2) is 0 Å². The normalized spacial score (nSPS) is 10.1. The number of nitrogens with two attached hydrogens (primary N) is 1. The first-order valence-corrected chi connectivity index (χ1v) is 4.68. The third kappa shape index (κ3) is 2.44. The zero-order chi connectivity index (χ0) is 11.4. The summed E-state index contributed by atoms with van der Waals surface area (Å²) in [5, 5.41) is 0. The van der Waals surface area contributed by atoms with Crippen LogP contribution in [0, 0.1) is 5.82 Å². The van der Waals surface area contributed by atoms with E-state index in [0.29, 0.717) is 17.1 Å². The van der Waals surface area contributed by atoms with Gasteiger partial charge in [-0.15, -0.1) is 0 Å². The molecule has 82 valence electrons. The summed E-state index contributed by atoms with van der Waals surface area (Å²) in [6.07, 6.45) is 4.71. The second kappa shape index (κ2) is 4.57. The summed E-state index contributed by atoms with van der Waals surface area (Å²) in [4.78, 5) is 7.91. The number of aromatic nitrogens is 2. The molecule has 0 saturated heterocycles. The molecule has 0 aliphatic carbocycles. The molecule has 5 heteroatoms. The van der Waals surface area contributed by atoms with Crippen molar-refractivity contribution in [2.24, 2.45) is 0 Å². The maximum atomic E-state index is 12.9. The van der Waals surface area contributed by atoms with Gasteiger partial charge in [-0.25, -0.2) is 4.39 Å². The van der Waals surface area contributed by atoms with Crippen LogP contribution in [0.5, 0.6) is 5.75 Å². The predicted octanol–water partition coefficient (Wildman–Crippen LogP) is 1.78. The topological polar surface area (TPSA) is 61.0 Å². The Labute approximate surface area is 91.9 Å². The summed E-state index contributed by atoms with van der Waals surface area (Å²) >= 11 is 0. The minimum atomic E-state index is -0.386. The molecule has 0 amide bonds. The van der Waals surface area contributed by atoms with E-state index in [1.807, 2.05) is 0 Å². The Morgan fingerprint density at radius 3 is 2.94 bits per heavy atom. The maximum absolute atomic E-state index is 12.9. The molecule has 1 aromatic carbocycles. The van der Waals surface area contributed by atoms with Gasteiger partial charge in [-0.3, -0.25) is 9.97 Å². The zero-order valence-electron chi connectivity index (χ0n) is 8.43. The van der Waals surface area contributed by atoms with E-state index < -0.39 is 0 Å². The second-order valence-corrected chi connectivity index (χ2v) is 3.17. The fourth-order valence-electron chi connectivity index (χ4n) is 1.19. The van der Waals surface area contributed by atoms with Gasteiger partial charge < -0.3 is 10.5 Å². The Balaban J connectivity index is 2.08. The van der Waals surface area contributed by atoms with E-state index in [2.05, 4.69) is 9.97 Å². The largest absolute Gasteiger partial charge is 0.485 e. The summed E-state index contributed by atoms with van der Waals surface area (Å²) in [6, 6.07) is 3.98. The standard InChI is InChI=1S/C11H10FN3O/c12-8-1-2-10(13)11(5-8)16-7-9-6-14-3-4-15-9/h1-6H,7,13H2. The Bertz CT molecular complexity index is 476. The summed E-state index contributed by atoms with van der Waals surface area (Å²) in [5.74, 6) is -0.0750. The van der Waals surface area contributed by atoms with Gasteiger partial charge in [0.2, 0.25) is 0 Å². The lowest BCUT2D eigenvalue weighted by Gasteiger charge is -2.07. The summed E-state index contributed by atoms with van der Waals surface area (Å²) in [7, 11) is 0. The van der Waals surface area contributed by atoms with Gasteiger partial charge in [0.05, 0.1) is 17.6 Å². The molecule has 0 unspecified atom stereocenters. The van der Waals surface area contributed by atoms with E-state index in [1.165, 1.54) is 18.2 Å². The minimum absolute atomic E-state index is 0.210. The molecular weight excluding hydrogens is 209 g/mol. The van der Waals surface area contributed by atoms with Crippen molar-refractivity contribution in [3.63, 3.8) is 0 Å². The fraction of sp³-hybridized carbons (Fsp3) is 0.0909. The highest BCUT2D eigenvalue weighted by Gasteiger charge is 2.03. The van der Waals surface area contributed by atoms with Gasteiger partial charge in [0.25, 0.3) is 0 Å². The Hall–Kier alpha value is -2.17. The fourth-order valence-corrected chi connectivity index (χ4v) is 1.19. The number of nitrogen functional groups attached to an aromatic ring is 1. The van der Waals surface area contributed by atoms with Crippen LogP contribution >= 0.6 is 0 Å². The molecule has 0 aliphatic heterocycles. The maximum Gasteiger partial charge on any atom is 0.145 e. The van der Waals surface area contributed by atoms with Crippen molar-refractivity contribution in [2.45, 2.75) is 6.61 Å². The predicted molar refractivity (Wildman–Crippen MR) is 57.2 cm³/mol. The first kappa shape index (κ1) is 10.4. The summed E-state index contributed by atoms with van der Waals surface area (Å²) in [5.41, 5.74) is 6.68. The minimum Gasteiger partial charge on any atom is -0.485 e. The molecule has 0 aliphatic rings. The van der Waals surface area contributed by atoms with Crippen molar-refractivity contribution in [1.82, 2.24) is 9.97 Å². The van der Waals surface area contributed by atoms with Crippen molar-refractivity contribution in [3.8, 4) is 5.75 Å². The van der Waals surface area contributed by atoms with Gasteiger partial charge in [-0.2, -0.15) is 0 Å². The van der Waals surface area contributed by atoms with E-state index in [1.54, 1.807) is 18.6 Å². The molecule has 0 atom stereocenters. The van der Waals surface area contributed by atoms with Crippen LogP contribution in [-0.4, -0.2) is 9.97 Å². The average molecular weight is 219 g/mol. The number of hydrogen-bond donors (Lipinski definition) is 1. The molecule has 0 saturated carbocycles. The van der Waals surface area contributed by atoms with Gasteiger partial charge in [0.1, 0.15) is 18.2 Å². The summed E-state index contributed by atoms with van der Waals surface area (Å²) in [6.45, 7) is 0.210. The average Bonchev–Trinajstić information content (AvgIpc) is 2.32. The van der Waals surface area contributed by atoms with Crippen LogP contribution in [0.1, 0.15) is 5.69 Å². The second-order valence-electron chi connectivity index (χ2n) is 3.17. The highest BCUT2D eigenvalue weighted by molar-refractivity contribution is 5.52. The Morgan fingerprint density at radius 1 is 1.31 bits per heavy atom. The highest BCUT2D eigenvalue weighted by atomic mass is 19.1. The number of halogens is 1. The van der Waals surface area contributed by atoms with Gasteiger partial charge in [0, 0.05) is 18.5 Å². The third-order valence-electron chi connectivity index (χ3n) is 1.97. The van der Waals surface area contributed by atoms with Crippen LogP contribution in [0.3, 0.4) is 0 Å². The summed E-state index contributed by atoms with van der Waals surface area (Å²) < 4.78 is 18.2. The van der Waals surface area contributed by atoms with E-state index in [4.69, 9.17) is 10.5 Å². The number of ether oxygens (including phenoxy) is 1. The molecular formula is C11H10FN3O. The third-order valence-corrected chi connectivity index (χ3v) is 1.97. The number of hydrogen-bond acceptors (Lipinski definition) is 4. The van der Waals surface area contributed by atoms with Crippen LogP contribution in [-0.2, 0) is 6.61 Å². The molecule has 0 bridgehead atoms. The van der Waals surface area contributed by atoms with E-state index in [-0.39, 0.29) is 12.4 Å². The van der Waals surface area contributed by atoms with Crippen LogP contribution in [0.2, 0.25) is 0 Å². The smallest absolute Gasteiger partial charge is 0.145 e. The number of benzene rings is 1. The van der Waals surface area contributed by atoms with Gasteiger partial charge in [-0.05, 0) is 12.1 Å². The molecule has 0 spiro atoms. The highest BCUT2D eigenvalue weighted by Crippen LogP contribution is 2.22. The number of nitrogens with zero attached hydrogens (tertiary/aromatic N) is 2. The van der Waals surface area contributed by atoms with Crippen molar-refractivity contribution in [1.29, 1.82) is 0 Å². The quantitative estimate of drug-likeness (QED) is 0.799. The molecule has 2 N–H and O–H groups in total. The molecule has 1 heterocycles. The van der Waals surface area contributed by atoms with Crippen LogP contribution in [0.25, 0.3) is 0 Å². The lowest BCUT2D eigenvalue weighted by atomic mass is 10.3. The van der Waals surface area contributed by atoms with Crippen molar-refractivity contribution >= 4 is 5.69 Å². The Morgan fingerprint density at radius 2 is 2.19 bits per heavy atom.